The Morgan fingerprint density at radius 3 is 1.92 bits per heavy atom. The summed E-state index contributed by atoms with van der Waals surface area (Å²) in [5.74, 6) is -17.8. The van der Waals surface area contributed by atoms with Gasteiger partial charge in [0.05, 0.1) is 28.5 Å². The van der Waals surface area contributed by atoms with Gasteiger partial charge in [-0.3, -0.25) is 48.5 Å². The molecule has 14 N–H and O–H groups in total. The molecule has 572 valence electrons. The number of carbonyl (C=O) groups excluding carboxylic acids is 9. The Morgan fingerprint density at radius 2 is 1.29 bits per heavy atom. The molecule has 0 aromatic heterocycles. The summed E-state index contributed by atoms with van der Waals surface area (Å²) >= 11 is 14.2. The molecule has 11 rings (SSSR count). The summed E-state index contributed by atoms with van der Waals surface area (Å²) in [6, 6.07) is 6.94. The van der Waals surface area contributed by atoms with Crippen molar-refractivity contribution in [1.29, 1.82) is 0 Å². The standard InChI is InChI=1S/C76H92Cl2N6O22/c1-7-9-10-11-12-16-59(92)79-60(93)31-42-28-52(90)64(82-72(99)37(8-2)24-36(3)4)66(94)39-18-21-54(47(77)26-39)103-56-29-41-30-57(71(56)106-76-70(98)69(97)68(96)58(35-85)105-76)104-55-22-19-40(27-48(55)78)67(95)65-75(102)81-63(50(88)15-13-14-23-84(5)6)46-32-43(86)33-51(89)61(46)45-25-38(17-20-49(45)87)44(74(101)83-65)34-53(91)62(41)80-73(42)100/h17-22,25-27,29-30,32-33,36-37,42,44,58,62-70,76,85-87,89,94-98H,7-16,23-24,28,31,34-35H2,1-6H3,(H,80,100)(H,81,102)(H,82,99)(H,83,101)(H,79,92,93)/t37-,42+,44-,58-,62-,63+,64+,65+,66-,67-,68-,69+,70-,76+/m1/s1. The minimum atomic E-state index is -2.18. The molecule has 6 aliphatic heterocycles. The molecule has 0 spiro atoms. The second-order valence-electron chi connectivity index (χ2n) is 28.1. The third-order valence-corrected chi connectivity index (χ3v) is 20.0. The number of phenolic OH excluding ortho intramolecular Hbond substituents is 3. The smallest absolute Gasteiger partial charge is 0.246 e. The molecule has 6 amide bonds. The van der Waals surface area contributed by atoms with Crippen LogP contribution in [0.4, 0.5) is 0 Å². The van der Waals surface area contributed by atoms with E-state index in [1.165, 1.54) is 42.5 Å². The van der Waals surface area contributed by atoms with E-state index in [0.717, 1.165) is 55.7 Å². The number of halogens is 2. The molecule has 28 nitrogen and oxygen atoms in total. The van der Waals surface area contributed by atoms with Gasteiger partial charge in [-0.2, -0.15) is 0 Å². The van der Waals surface area contributed by atoms with Crippen LogP contribution in [-0.4, -0.2) is 174 Å². The fourth-order valence-corrected chi connectivity index (χ4v) is 14.0. The Bertz CT molecular complexity index is 4100. The highest BCUT2D eigenvalue weighted by Crippen LogP contribution is 2.50. The molecule has 0 unspecified atom stereocenters. The number of aliphatic hydroxyl groups excluding tert-OH is 6. The summed E-state index contributed by atoms with van der Waals surface area (Å²) < 4.78 is 25.4. The Kier molecular flexibility index (Phi) is 27.7. The van der Waals surface area contributed by atoms with Crippen LogP contribution in [-0.2, 0) is 47.9 Å². The lowest BCUT2D eigenvalue weighted by Crippen LogP contribution is -2.60. The zero-order valence-electron chi connectivity index (χ0n) is 59.5. The lowest BCUT2D eigenvalue weighted by Gasteiger charge is -2.39. The molecule has 1 saturated heterocycles. The summed E-state index contributed by atoms with van der Waals surface area (Å²) in [6.07, 6.45) is -12.1. The lowest BCUT2D eigenvalue weighted by molar-refractivity contribution is -0.277. The maximum atomic E-state index is 16.3. The van der Waals surface area contributed by atoms with Gasteiger partial charge in [-0.1, -0.05) is 94.8 Å². The average Bonchev–Trinajstić information content (AvgIpc) is 0.770. The number of hydrogen-bond donors (Lipinski definition) is 14. The Morgan fingerprint density at radius 1 is 0.651 bits per heavy atom. The van der Waals surface area contributed by atoms with E-state index >= 15 is 24.0 Å². The number of carbonyl (C=O) groups is 9. The molecule has 14 atom stereocenters. The van der Waals surface area contributed by atoms with Crippen molar-refractivity contribution in [2.75, 3.05) is 27.2 Å². The van der Waals surface area contributed by atoms with Crippen LogP contribution < -0.4 is 40.8 Å². The Balaban J connectivity index is 1.30. The van der Waals surface area contributed by atoms with Gasteiger partial charge in [0.15, 0.2) is 28.8 Å². The van der Waals surface area contributed by atoms with E-state index in [2.05, 4.69) is 26.6 Å². The van der Waals surface area contributed by atoms with Crippen molar-refractivity contribution < 1.29 is 108 Å². The monoisotopic (exact) mass is 1510 g/mol. The summed E-state index contributed by atoms with van der Waals surface area (Å²) in [4.78, 5) is 137. The molecular weight excluding hydrogens is 1420 g/mol. The second kappa shape index (κ2) is 36.2. The fourth-order valence-electron chi connectivity index (χ4n) is 13.5. The number of ketones is 3. The van der Waals surface area contributed by atoms with Crippen molar-refractivity contribution in [3.63, 3.8) is 0 Å². The quantitative estimate of drug-likeness (QED) is 0.0309. The third kappa shape index (κ3) is 19.5. The molecule has 5 aromatic rings. The van der Waals surface area contributed by atoms with Gasteiger partial charge in [0.1, 0.15) is 89.5 Å². The predicted octanol–water partition coefficient (Wildman–Crippen LogP) is 7.02. The number of hydrogen-bond acceptors (Lipinski definition) is 23. The van der Waals surface area contributed by atoms with Crippen LogP contribution in [0.2, 0.25) is 10.0 Å². The van der Waals surface area contributed by atoms with Gasteiger partial charge < -0.3 is 91.1 Å². The second-order valence-corrected chi connectivity index (χ2v) is 28.9. The molecule has 6 heterocycles. The first-order chi connectivity index (χ1) is 50.4. The number of benzene rings is 5. The first-order valence-corrected chi connectivity index (χ1v) is 36.3. The van der Waals surface area contributed by atoms with E-state index in [1.807, 2.05) is 39.8 Å². The number of fused-ring (bicyclic) bond motifs is 15. The van der Waals surface area contributed by atoms with Crippen LogP contribution in [0.5, 0.6) is 46.0 Å². The van der Waals surface area contributed by atoms with E-state index in [1.54, 1.807) is 6.92 Å². The number of rotatable bonds is 22. The number of Topliss-reactive ketones (excluding diaryl/α,β-unsaturated/α-hetero) is 3. The molecule has 30 heteroatoms. The number of unbranched alkanes of at least 4 members (excludes halogenated alkanes) is 5. The van der Waals surface area contributed by atoms with Crippen LogP contribution in [0.1, 0.15) is 176 Å². The summed E-state index contributed by atoms with van der Waals surface area (Å²) in [5.41, 5.74) is -1.68. The SMILES string of the molecule is CCCCCCCC(=O)NC(=O)C[C@@H]1CC(=O)[C@H](NC(=O)[C@H](CC)CC(C)C)[C@H](O)c2ccc(c(Cl)c2)Oc2cc3cc(c2O[C@@H]2O[C@H](CO)[C@@H](O)[C@H](O)[C@H]2O)Oc2ccc(cc2Cl)[C@@H](O)[C@@H]2NC(=O)[C@H](CC(=O)[C@@H]3NC1=O)c1ccc(O)c(c1)-c1c(O)cc(O)cc1[C@@H](C(=O)CCCCN(C)C)NC2=O. The molecule has 11 bridgehead atoms. The molecular formula is C76H92Cl2N6O22. The van der Waals surface area contributed by atoms with E-state index in [9.17, 15) is 65.1 Å². The van der Waals surface area contributed by atoms with E-state index < -0.39 is 198 Å². The molecule has 0 radical (unpaired) electrons. The zero-order chi connectivity index (χ0) is 77.1. The third-order valence-electron chi connectivity index (χ3n) is 19.4. The number of nitrogens with zero attached hydrogens (tertiary/aromatic N) is 1. The molecule has 5 aromatic carbocycles. The topological polar surface area (TPSA) is 436 Å². The highest BCUT2D eigenvalue weighted by Gasteiger charge is 2.47. The summed E-state index contributed by atoms with van der Waals surface area (Å²) in [5, 5.41) is 116. The zero-order valence-corrected chi connectivity index (χ0v) is 61.0. The molecule has 6 aliphatic rings. The number of imide groups is 1. The van der Waals surface area contributed by atoms with Gasteiger partial charge in [0, 0.05) is 55.2 Å². The number of amides is 6. The highest BCUT2D eigenvalue weighted by atomic mass is 35.5. The van der Waals surface area contributed by atoms with Gasteiger partial charge in [0.2, 0.25) is 47.5 Å². The van der Waals surface area contributed by atoms with Crippen molar-refractivity contribution in [3.8, 4) is 57.1 Å². The van der Waals surface area contributed by atoms with Gasteiger partial charge in [-0.15, -0.1) is 0 Å². The Labute approximate surface area is 622 Å². The lowest BCUT2D eigenvalue weighted by atomic mass is 9.84. The van der Waals surface area contributed by atoms with Crippen molar-refractivity contribution >= 4 is 76.0 Å². The van der Waals surface area contributed by atoms with Crippen LogP contribution in [0, 0.1) is 17.8 Å². The highest BCUT2D eigenvalue weighted by molar-refractivity contribution is 6.32. The maximum Gasteiger partial charge on any atom is 0.246 e. The van der Waals surface area contributed by atoms with E-state index in [-0.39, 0.29) is 92.1 Å². The van der Waals surface area contributed by atoms with Crippen LogP contribution >= 0.6 is 23.2 Å². The number of ether oxygens (including phenoxy) is 4. The van der Waals surface area contributed by atoms with Crippen molar-refractivity contribution in [2.45, 2.75) is 191 Å². The van der Waals surface area contributed by atoms with Gasteiger partial charge in [0.25, 0.3) is 0 Å². The van der Waals surface area contributed by atoms with Gasteiger partial charge in [-0.05, 0) is 141 Å². The van der Waals surface area contributed by atoms with Gasteiger partial charge in [-0.25, -0.2) is 0 Å². The minimum absolute atomic E-state index is 0.0201. The molecule has 0 aliphatic carbocycles. The Hall–Kier alpha value is -8.81. The van der Waals surface area contributed by atoms with Crippen molar-refractivity contribution in [2.24, 2.45) is 17.8 Å². The largest absolute Gasteiger partial charge is 0.508 e. The summed E-state index contributed by atoms with van der Waals surface area (Å²) in [6.45, 7) is 7.15. The number of nitrogens with one attached hydrogen (secondary N) is 5. The minimum Gasteiger partial charge on any atom is -0.508 e. The van der Waals surface area contributed by atoms with Crippen molar-refractivity contribution in [1.82, 2.24) is 31.5 Å². The normalized spacial score (nSPS) is 24.4. The number of aliphatic hydroxyl groups is 6. The average molecular weight is 1510 g/mol. The summed E-state index contributed by atoms with van der Waals surface area (Å²) in [7, 11) is 3.66. The van der Waals surface area contributed by atoms with E-state index in [4.69, 9.17) is 42.1 Å². The van der Waals surface area contributed by atoms with E-state index in [0.29, 0.717) is 32.2 Å². The first kappa shape index (κ1) is 81.3. The van der Waals surface area contributed by atoms with Crippen LogP contribution in [0.3, 0.4) is 0 Å². The molecule has 0 saturated carbocycles. The fraction of sp³-hybridized carbons (Fsp3) is 0.487. The van der Waals surface area contributed by atoms with Crippen molar-refractivity contribution in [3.05, 3.63) is 117 Å². The van der Waals surface area contributed by atoms with Gasteiger partial charge >= 0.3 is 0 Å². The van der Waals surface area contributed by atoms with Crippen LogP contribution in [0.25, 0.3) is 11.1 Å². The molecule has 106 heavy (non-hydrogen) atoms. The maximum absolute atomic E-state index is 16.3. The van der Waals surface area contributed by atoms with Crippen LogP contribution in [0.15, 0.2) is 78.9 Å². The number of aromatic hydroxyl groups is 3. The predicted molar refractivity (Wildman–Crippen MR) is 384 cm³/mol. The molecule has 1 fully saturated rings. The number of phenols is 3. The first-order valence-electron chi connectivity index (χ1n) is 35.5.